The maximum Gasteiger partial charge on any atom is 0.160 e. The van der Waals surface area contributed by atoms with Crippen molar-refractivity contribution in [1.82, 2.24) is 14.5 Å². The molecule has 2 aromatic heterocycles. The van der Waals surface area contributed by atoms with E-state index in [1.165, 1.54) is 0 Å². The maximum absolute atomic E-state index is 5.88. The van der Waals surface area contributed by atoms with E-state index in [9.17, 15) is 0 Å². The Kier molecular flexibility index (Phi) is 3.91. The zero-order valence-electron chi connectivity index (χ0n) is 11.4. The first-order valence-corrected chi connectivity index (χ1v) is 6.97. The SMILES string of the molecule is Cc1cnc2c(c1)nc(CCCl)n2C(C)C(C)C. The topological polar surface area (TPSA) is 30.7 Å². The van der Waals surface area contributed by atoms with Crippen LogP contribution in [0.4, 0.5) is 0 Å². The Morgan fingerprint density at radius 2 is 2.06 bits per heavy atom. The molecule has 0 aliphatic rings. The predicted octanol–water partition coefficient (Wildman–Crippen LogP) is 3.74. The minimum Gasteiger partial charge on any atom is -0.310 e. The average Bonchev–Trinajstić information content (AvgIpc) is 2.65. The summed E-state index contributed by atoms with van der Waals surface area (Å²) in [5.41, 5.74) is 3.09. The van der Waals surface area contributed by atoms with Gasteiger partial charge in [0.1, 0.15) is 11.3 Å². The van der Waals surface area contributed by atoms with E-state index in [1.54, 1.807) is 0 Å². The molecular formula is C14H20ClN3. The molecule has 0 aliphatic carbocycles. The molecule has 2 aromatic rings. The first-order valence-electron chi connectivity index (χ1n) is 6.44. The zero-order valence-corrected chi connectivity index (χ0v) is 12.2. The van der Waals surface area contributed by atoms with Crippen LogP contribution in [0.3, 0.4) is 0 Å². The molecule has 98 valence electrons. The van der Waals surface area contributed by atoms with Gasteiger partial charge in [-0.15, -0.1) is 11.6 Å². The first kappa shape index (κ1) is 13.3. The molecule has 3 nitrogen and oxygen atoms in total. The monoisotopic (exact) mass is 265 g/mol. The molecule has 0 aliphatic heterocycles. The molecular weight excluding hydrogens is 246 g/mol. The van der Waals surface area contributed by atoms with Gasteiger partial charge < -0.3 is 4.57 Å². The third-order valence-corrected chi connectivity index (χ3v) is 3.62. The highest BCUT2D eigenvalue weighted by atomic mass is 35.5. The van der Waals surface area contributed by atoms with E-state index in [2.05, 4.69) is 41.4 Å². The number of imidazole rings is 1. The maximum atomic E-state index is 5.88. The molecule has 0 amide bonds. The highest BCUT2D eigenvalue weighted by Gasteiger charge is 2.18. The first-order chi connectivity index (χ1) is 8.54. The van der Waals surface area contributed by atoms with Gasteiger partial charge in [-0.2, -0.15) is 0 Å². The molecule has 0 fully saturated rings. The fraction of sp³-hybridized carbons (Fsp3) is 0.571. The van der Waals surface area contributed by atoms with E-state index in [0.717, 1.165) is 29.0 Å². The summed E-state index contributed by atoms with van der Waals surface area (Å²) in [6.07, 6.45) is 2.69. The van der Waals surface area contributed by atoms with Crippen LogP contribution < -0.4 is 0 Å². The van der Waals surface area contributed by atoms with Crippen LogP contribution in [-0.2, 0) is 6.42 Å². The van der Waals surface area contributed by atoms with Gasteiger partial charge in [-0.25, -0.2) is 9.97 Å². The highest BCUT2D eigenvalue weighted by molar-refractivity contribution is 6.17. The van der Waals surface area contributed by atoms with Crippen molar-refractivity contribution >= 4 is 22.8 Å². The van der Waals surface area contributed by atoms with Crippen molar-refractivity contribution < 1.29 is 0 Å². The summed E-state index contributed by atoms with van der Waals surface area (Å²) >= 11 is 5.88. The molecule has 4 heteroatoms. The minimum atomic E-state index is 0.378. The third kappa shape index (κ3) is 2.37. The number of hydrogen-bond acceptors (Lipinski definition) is 2. The molecule has 0 saturated carbocycles. The van der Waals surface area contributed by atoms with Gasteiger partial charge in [0.15, 0.2) is 5.65 Å². The van der Waals surface area contributed by atoms with Gasteiger partial charge >= 0.3 is 0 Å². The summed E-state index contributed by atoms with van der Waals surface area (Å²) in [6, 6.07) is 2.47. The van der Waals surface area contributed by atoms with Gasteiger partial charge in [0.05, 0.1) is 0 Å². The number of hydrogen-bond donors (Lipinski definition) is 0. The van der Waals surface area contributed by atoms with Crippen molar-refractivity contribution in [2.45, 2.75) is 40.2 Å². The molecule has 1 unspecified atom stereocenters. The number of alkyl halides is 1. The molecule has 2 heterocycles. The quantitative estimate of drug-likeness (QED) is 0.789. The van der Waals surface area contributed by atoms with Crippen molar-refractivity contribution in [1.29, 1.82) is 0 Å². The smallest absolute Gasteiger partial charge is 0.160 e. The molecule has 0 spiro atoms. The second kappa shape index (κ2) is 5.27. The highest BCUT2D eigenvalue weighted by Crippen LogP contribution is 2.25. The van der Waals surface area contributed by atoms with Crippen LogP contribution in [0.15, 0.2) is 12.3 Å². The van der Waals surface area contributed by atoms with E-state index < -0.39 is 0 Å². The van der Waals surface area contributed by atoms with Crippen LogP contribution >= 0.6 is 11.6 Å². The Labute approximate surface area is 113 Å². The third-order valence-electron chi connectivity index (χ3n) is 3.43. The molecule has 18 heavy (non-hydrogen) atoms. The van der Waals surface area contributed by atoms with E-state index in [-0.39, 0.29) is 0 Å². The molecule has 0 N–H and O–H groups in total. The molecule has 0 saturated heterocycles. The van der Waals surface area contributed by atoms with Gasteiger partial charge in [-0.05, 0) is 31.4 Å². The summed E-state index contributed by atoms with van der Waals surface area (Å²) in [7, 11) is 0. The standard InChI is InChI=1S/C14H20ClN3/c1-9(2)11(4)18-13(5-6-15)17-12-7-10(3)8-16-14(12)18/h7-9,11H,5-6H2,1-4H3. The van der Waals surface area contributed by atoms with Gasteiger partial charge in [0.25, 0.3) is 0 Å². The number of aromatic nitrogens is 3. The average molecular weight is 266 g/mol. The lowest BCUT2D eigenvalue weighted by Gasteiger charge is -2.20. The number of fused-ring (bicyclic) bond motifs is 1. The molecule has 0 bridgehead atoms. The van der Waals surface area contributed by atoms with Gasteiger partial charge in [-0.3, -0.25) is 0 Å². The number of nitrogens with zero attached hydrogens (tertiary/aromatic N) is 3. The second-order valence-corrected chi connectivity index (χ2v) is 5.56. The summed E-state index contributed by atoms with van der Waals surface area (Å²) in [4.78, 5) is 9.23. The second-order valence-electron chi connectivity index (χ2n) is 5.18. The summed E-state index contributed by atoms with van der Waals surface area (Å²) in [5.74, 6) is 2.17. The lowest BCUT2D eigenvalue weighted by molar-refractivity contribution is 0.405. The molecule has 0 aromatic carbocycles. The van der Waals surface area contributed by atoms with Crippen LogP contribution in [0.1, 0.15) is 38.2 Å². The number of halogens is 1. The van der Waals surface area contributed by atoms with Crippen LogP contribution in [0.2, 0.25) is 0 Å². The van der Waals surface area contributed by atoms with E-state index in [1.807, 2.05) is 13.1 Å². The number of aryl methyl sites for hydroxylation is 2. The van der Waals surface area contributed by atoms with Gasteiger partial charge in [-0.1, -0.05) is 13.8 Å². The van der Waals surface area contributed by atoms with Crippen molar-refractivity contribution in [2.75, 3.05) is 5.88 Å². The van der Waals surface area contributed by atoms with Gasteiger partial charge in [0, 0.05) is 24.5 Å². The fourth-order valence-corrected chi connectivity index (χ4v) is 2.29. The minimum absolute atomic E-state index is 0.378. The van der Waals surface area contributed by atoms with E-state index in [0.29, 0.717) is 17.8 Å². The van der Waals surface area contributed by atoms with Crippen molar-refractivity contribution in [2.24, 2.45) is 5.92 Å². The Bertz CT molecular complexity index is 545. The lowest BCUT2D eigenvalue weighted by Crippen LogP contribution is -2.15. The van der Waals surface area contributed by atoms with E-state index >= 15 is 0 Å². The summed E-state index contributed by atoms with van der Waals surface area (Å²) in [5, 5.41) is 0. The molecule has 2 rings (SSSR count). The van der Waals surface area contributed by atoms with E-state index in [4.69, 9.17) is 11.6 Å². The Morgan fingerprint density at radius 3 is 2.67 bits per heavy atom. The molecule has 0 radical (unpaired) electrons. The number of pyridine rings is 1. The molecule has 1 atom stereocenters. The Morgan fingerprint density at radius 1 is 1.33 bits per heavy atom. The van der Waals surface area contributed by atoms with Crippen LogP contribution in [0.5, 0.6) is 0 Å². The summed E-state index contributed by atoms with van der Waals surface area (Å²) < 4.78 is 2.24. The van der Waals surface area contributed by atoms with Crippen LogP contribution in [0.25, 0.3) is 11.2 Å². The Hall–Kier alpha value is -1.09. The normalized spacial score (nSPS) is 13.4. The fourth-order valence-electron chi connectivity index (χ4n) is 2.12. The van der Waals surface area contributed by atoms with Gasteiger partial charge in [0.2, 0.25) is 0 Å². The largest absolute Gasteiger partial charge is 0.310 e. The zero-order chi connectivity index (χ0) is 13.3. The van der Waals surface area contributed by atoms with Crippen molar-refractivity contribution in [3.63, 3.8) is 0 Å². The summed E-state index contributed by atoms with van der Waals surface area (Å²) in [6.45, 7) is 8.69. The van der Waals surface area contributed by atoms with Crippen LogP contribution in [-0.4, -0.2) is 20.4 Å². The van der Waals surface area contributed by atoms with Crippen molar-refractivity contribution in [3.05, 3.63) is 23.7 Å². The predicted molar refractivity (Wildman–Crippen MR) is 76.2 cm³/mol. The number of rotatable bonds is 4. The Balaban J connectivity index is 2.62. The van der Waals surface area contributed by atoms with Crippen LogP contribution in [0, 0.1) is 12.8 Å². The lowest BCUT2D eigenvalue weighted by atomic mass is 10.1. The van der Waals surface area contributed by atoms with Crippen molar-refractivity contribution in [3.8, 4) is 0 Å².